The van der Waals surface area contributed by atoms with Crippen molar-refractivity contribution >= 4 is 39.6 Å². The lowest BCUT2D eigenvalue weighted by Crippen LogP contribution is -2.26. The third-order valence-electron chi connectivity index (χ3n) is 5.07. The lowest BCUT2D eigenvalue weighted by atomic mass is 10.1. The molecule has 5 heteroatoms. The summed E-state index contributed by atoms with van der Waals surface area (Å²) in [5, 5.41) is 8.13. The van der Waals surface area contributed by atoms with Gasteiger partial charge in [0, 0.05) is 35.1 Å². The molecule has 0 saturated carbocycles. The van der Waals surface area contributed by atoms with Crippen LogP contribution in [0.4, 0.5) is 17.1 Å². The summed E-state index contributed by atoms with van der Waals surface area (Å²) in [5.41, 5.74) is 2.85. The van der Waals surface area contributed by atoms with Crippen LogP contribution in [-0.2, 0) is 4.79 Å². The molecule has 2 amide bonds. The Balaban J connectivity index is 1.41. The van der Waals surface area contributed by atoms with Crippen LogP contribution < -0.4 is 15.5 Å². The van der Waals surface area contributed by atoms with Crippen LogP contribution in [0.5, 0.6) is 0 Å². The second-order valence-corrected chi connectivity index (χ2v) is 7.21. The second-order valence-electron chi connectivity index (χ2n) is 7.21. The molecular formula is C26H23N3O2. The third-order valence-corrected chi connectivity index (χ3v) is 5.07. The molecule has 0 spiro atoms. The maximum Gasteiger partial charge on any atom is 0.258 e. The number of para-hydroxylation sites is 1. The van der Waals surface area contributed by atoms with Crippen molar-refractivity contribution in [3.63, 3.8) is 0 Å². The minimum atomic E-state index is -0.158. The molecule has 5 nitrogen and oxygen atoms in total. The molecule has 31 heavy (non-hydrogen) atoms. The molecule has 0 aliphatic carbocycles. The molecule has 154 valence electrons. The van der Waals surface area contributed by atoms with Crippen LogP contribution in [-0.4, -0.2) is 25.4 Å². The number of carbonyl (C=O) groups excluding carboxylic acids is 2. The fraction of sp³-hybridized carbons (Fsp3) is 0.0769. The molecule has 0 saturated heterocycles. The van der Waals surface area contributed by atoms with Crippen LogP contribution >= 0.6 is 0 Å². The van der Waals surface area contributed by atoms with Crippen molar-refractivity contribution in [1.82, 2.24) is 0 Å². The Labute approximate surface area is 181 Å². The molecule has 0 atom stereocenters. The predicted octanol–water partition coefficient (Wildman–Crippen LogP) is 5.17. The summed E-state index contributed by atoms with van der Waals surface area (Å²) in [6, 6.07) is 30.4. The second kappa shape index (κ2) is 9.13. The predicted molar refractivity (Wildman–Crippen MR) is 127 cm³/mol. The van der Waals surface area contributed by atoms with E-state index in [0.29, 0.717) is 11.3 Å². The SMILES string of the molecule is CN(C(=O)c1cccc(NCC(=O)Nc2cccc3ccccc23)c1)c1ccccc1. The van der Waals surface area contributed by atoms with E-state index in [0.717, 1.165) is 22.1 Å². The number of benzene rings is 4. The Hall–Kier alpha value is -4.12. The number of nitrogens with one attached hydrogen (secondary N) is 2. The highest BCUT2D eigenvalue weighted by Gasteiger charge is 2.14. The topological polar surface area (TPSA) is 61.4 Å². The lowest BCUT2D eigenvalue weighted by Gasteiger charge is -2.18. The maximum atomic E-state index is 12.8. The molecule has 4 aromatic carbocycles. The highest BCUT2D eigenvalue weighted by molar-refractivity contribution is 6.06. The van der Waals surface area contributed by atoms with Gasteiger partial charge in [0.1, 0.15) is 0 Å². The number of hydrogen-bond donors (Lipinski definition) is 2. The normalized spacial score (nSPS) is 10.5. The molecule has 0 aliphatic heterocycles. The molecule has 0 unspecified atom stereocenters. The molecule has 0 fully saturated rings. The summed E-state index contributed by atoms with van der Waals surface area (Å²) in [6.07, 6.45) is 0. The Morgan fingerprint density at radius 1 is 0.806 bits per heavy atom. The summed E-state index contributed by atoms with van der Waals surface area (Å²) in [5.74, 6) is -0.274. The largest absolute Gasteiger partial charge is 0.376 e. The fourth-order valence-corrected chi connectivity index (χ4v) is 3.44. The molecule has 0 aliphatic rings. The van der Waals surface area contributed by atoms with Gasteiger partial charge in [-0.15, -0.1) is 0 Å². The monoisotopic (exact) mass is 409 g/mol. The maximum absolute atomic E-state index is 12.8. The first-order chi connectivity index (χ1) is 15.1. The quantitative estimate of drug-likeness (QED) is 0.462. The first kappa shape index (κ1) is 20.2. The van der Waals surface area contributed by atoms with Crippen molar-refractivity contribution in [2.75, 3.05) is 29.1 Å². The zero-order chi connectivity index (χ0) is 21.6. The van der Waals surface area contributed by atoms with Crippen molar-refractivity contribution in [3.8, 4) is 0 Å². The first-order valence-electron chi connectivity index (χ1n) is 10.1. The van der Waals surface area contributed by atoms with Crippen LogP contribution in [0.2, 0.25) is 0 Å². The number of hydrogen-bond acceptors (Lipinski definition) is 3. The Kier molecular flexibility index (Phi) is 5.94. The van der Waals surface area contributed by atoms with Crippen LogP contribution in [0.15, 0.2) is 97.1 Å². The summed E-state index contributed by atoms with van der Waals surface area (Å²) in [7, 11) is 1.75. The number of amides is 2. The van der Waals surface area contributed by atoms with Crippen molar-refractivity contribution in [3.05, 3.63) is 103 Å². The van der Waals surface area contributed by atoms with E-state index in [1.165, 1.54) is 0 Å². The van der Waals surface area contributed by atoms with Gasteiger partial charge in [-0.1, -0.05) is 60.7 Å². The van der Waals surface area contributed by atoms with E-state index >= 15 is 0 Å². The van der Waals surface area contributed by atoms with Crippen LogP contribution in [0, 0.1) is 0 Å². The summed E-state index contributed by atoms with van der Waals surface area (Å²) < 4.78 is 0. The van der Waals surface area contributed by atoms with Gasteiger partial charge in [-0.25, -0.2) is 0 Å². The Morgan fingerprint density at radius 3 is 2.35 bits per heavy atom. The van der Waals surface area contributed by atoms with Crippen molar-refractivity contribution in [1.29, 1.82) is 0 Å². The molecule has 0 aromatic heterocycles. The standard InChI is InChI=1S/C26H23N3O2/c1-29(22-13-3-2-4-14-22)26(31)20-11-7-12-21(17-20)27-18-25(30)28-24-16-8-10-19-9-5-6-15-23(19)24/h2-17,27H,18H2,1H3,(H,28,30). The van der Waals surface area contributed by atoms with E-state index in [1.807, 2.05) is 78.9 Å². The van der Waals surface area contributed by atoms with Crippen molar-refractivity contribution in [2.24, 2.45) is 0 Å². The van der Waals surface area contributed by atoms with E-state index < -0.39 is 0 Å². The Morgan fingerprint density at radius 2 is 1.52 bits per heavy atom. The van der Waals surface area contributed by atoms with E-state index in [-0.39, 0.29) is 18.4 Å². The van der Waals surface area contributed by atoms with Crippen molar-refractivity contribution < 1.29 is 9.59 Å². The molecule has 2 N–H and O–H groups in total. The molecule has 0 heterocycles. The van der Waals surface area contributed by atoms with Gasteiger partial charge in [0.15, 0.2) is 0 Å². The van der Waals surface area contributed by atoms with E-state index in [9.17, 15) is 9.59 Å². The zero-order valence-electron chi connectivity index (χ0n) is 17.2. The fourth-order valence-electron chi connectivity index (χ4n) is 3.44. The summed E-state index contributed by atoms with van der Waals surface area (Å²) in [4.78, 5) is 26.9. The molecule has 0 bridgehead atoms. The van der Waals surface area contributed by atoms with Gasteiger partial charge in [0.2, 0.25) is 5.91 Å². The van der Waals surface area contributed by atoms with Gasteiger partial charge >= 0.3 is 0 Å². The molecular weight excluding hydrogens is 386 g/mol. The minimum absolute atomic E-state index is 0.0926. The van der Waals surface area contributed by atoms with Crippen LogP contribution in [0.3, 0.4) is 0 Å². The molecule has 4 aromatic rings. The first-order valence-corrected chi connectivity index (χ1v) is 10.1. The lowest BCUT2D eigenvalue weighted by molar-refractivity contribution is -0.114. The average molecular weight is 409 g/mol. The van der Waals surface area contributed by atoms with Gasteiger partial charge in [-0.3, -0.25) is 9.59 Å². The Bertz CT molecular complexity index is 1220. The number of rotatable bonds is 6. The number of nitrogens with zero attached hydrogens (tertiary/aromatic N) is 1. The minimum Gasteiger partial charge on any atom is -0.376 e. The van der Waals surface area contributed by atoms with Crippen LogP contribution in [0.25, 0.3) is 10.8 Å². The van der Waals surface area contributed by atoms with E-state index in [1.54, 1.807) is 30.1 Å². The van der Waals surface area contributed by atoms with Gasteiger partial charge < -0.3 is 15.5 Å². The van der Waals surface area contributed by atoms with Gasteiger partial charge in [-0.05, 0) is 41.8 Å². The highest BCUT2D eigenvalue weighted by Crippen LogP contribution is 2.23. The molecule has 0 radical (unpaired) electrons. The van der Waals surface area contributed by atoms with Gasteiger partial charge in [-0.2, -0.15) is 0 Å². The summed E-state index contributed by atoms with van der Waals surface area (Å²) in [6.45, 7) is 0.0926. The highest BCUT2D eigenvalue weighted by atomic mass is 16.2. The van der Waals surface area contributed by atoms with E-state index in [4.69, 9.17) is 0 Å². The summed E-state index contributed by atoms with van der Waals surface area (Å²) >= 11 is 0. The smallest absolute Gasteiger partial charge is 0.258 e. The van der Waals surface area contributed by atoms with Crippen LogP contribution in [0.1, 0.15) is 10.4 Å². The number of fused-ring (bicyclic) bond motifs is 1. The third kappa shape index (κ3) is 4.73. The number of anilines is 3. The molecule has 4 rings (SSSR count). The van der Waals surface area contributed by atoms with Gasteiger partial charge in [0.05, 0.1) is 6.54 Å². The average Bonchev–Trinajstić information content (AvgIpc) is 2.83. The van der Waals surface area contributed by atoms with Crippen molar-refractivity contribution in [2.45, 2.75) is 0 Å². The zero-order valence-corrected chi connectivity index (χ0v) is 17.2. The van der Waals surface area contributed by atoms with E-state index in [2.05, 4.69) is 10.6 Å². The van der Waals surface area contributed by atoms with Gasteiger partial charge in [0.25, 0.3) is 5.91 Å². The number of carbonyl (C=O) groups is 2.